The van der Waals surface area contributed by atoms with Gasteiger partial charge < -0.3 is 0 Å². The van der Waals surface area contributed by atoms with Gasteiger partial charge in [-0.15, -0.1) is 11.3 Å². The van der Waals surface area contributed by atoms with Gasteiger partial charge in [0.15, 0.2) is 0 Å². The van der Waals surface area contributed by atoms with E-state index in [1.807, 2.05) is 11.3 Å². The molecule has 2 aliphatic carbocycles. The molecular formula is C44H32Br2S. The standard InChI is InChI=1S/C44H32Br2S/c1-21-15-23(3)37(24(4)16-21)39-29-9-7-27(45)19-35(29)41-33(39)13-11-31-32-12-14-34-40(38-25(5)17-22(2)18-26(38)6)30-10-8-28(46)20-36(30)42(34)44(32)47-43(31)41/h7-20H,1-6H3. The Kier molecular flexibility index (Phi) is 6.48. The van der Waals surface area contributed by atoms with E-state index in [0.29, 0.717) is 0 Å². The van der Waals surface area contributed by atoms with Crippen molar-refractivity contribution in [1.82, 2.24) is 0 Å². The second-order valence-corrected chi connectivity index (χ2v) is 16.4. The van der Waals surface area contributed by atoms with Crippen LogP contribution in [0.3, 0.4) is 0 Å². The fourth-order valence-electron chi connectivity index (χ4n) is 8.72. The number of rotatable bonds is 2. The van der Waals surface area contributed by atoms with Crippen molar-refractivity contribution in [2.24, 2.45) is 0 Å². The molecule has 0 amide bonds. The average molecular weight is 753 g/mol. The van der Waals surface area contributed by atoms with Crippen LogP contribution in [0.25, 0.3) is 53.6 Å². The summed E-state index contributed by atoms with van der Waals surface area (Å²) in [6.07, 6.45) is 0. The smallest absolute Gasteiger partial charge is 0.0440 e. The van der Waals surface area contributed by atoms with Crippen LogP contribution < -0.4 is 10.4 Å². The van der Waals surface area contributed by atoms with Crippen LogP contribution in [-0.2, 0) is 0 Å². The summed E-state index contributed by atoms with van der Waals surface area (Å²) in [5.74, 6) is 0. The van der Waals surface area contributed by atoms with Gasteiger partial charge in [-0.2, -0.15) is 0 Å². The molecule has 7 aromatic rings. The Balaban J connectivity index is 1.44. The highest BCUT2D eigenvalue weighted by atomic mass is 79.9. The van der Waals surface area contributed by atoms with Gasteiger partial charge in [-0.25, -0.2) is 0 Å². The SMILES string of the molecule is Cc1cc(C)c(C2=c3ccc4c(sc5c6c(ccc54)=C(c4c(C)cc(C)cc4C)c4ccc(Br)cc4-6)c3-c3cc(Br)ccc32)c(C)c1. The van der Waals surface area contributed by atoms with Crippen molar-refractivity contribution >= 4 is 74.5 Å². The molecular weight excluding hydrogens is 720 g/mol. The first-order valence-electron chi connectivity index (χ1n) is 16.1. The van der Waals surface area contributed by atoms with Crippen LogP contribution in [0.5, 0.6) is 0 Å². The molecule has 0 unspecified atom stereocenters. The molecule has 9 rings (SSSR count). The fourth-order valence-corrected chi connectivity index (χ4v) is 10.9. The molecule has 0 N–H and O–H groups in total. The molecule has 0 spiro atoms. The lowest BCUT2D eigenvalue weighted by Crippen LogP contribution is -2.08. The van der Waals surface area contributed by atoms with Crippen molar-refractivity contribution in [1.29, 1.82) is 0 Å². The van der Waals surface area contributed by atoms with Crippen molar-refractivity contribution in [2.75, 3.05) is 0 Å². The number of thiophene rings is 1. The lowest BCUT2D eigenvalue weighted by atomic mass is 9.90. The number of aryl methyl sites for hydroxylation is 6. The van der Waals surface area contributed by atoms with E-state index in [9.17, 15) is 0 Å². The van der Waals surface area contributed by atoms with Gasteiger partial charge in [-0.05, 0) is 143 Å². The Morgan fingerprint density at radius 2 is 0.787 bits per heavy atom. The summed E-state index contributed by atoms with van der Waals surface area (Å²) < 4.78 is 4.97. The average Bonchev–Trinajstić information content (AvgIpc) is 3.64. The maximum Gasteiger partial charge on any atom is 0.0440 e. The number of halogens is 2. The summed E-state index contributed by atoms with van der Waals surface area (Å²) in [5, 5.41) is 5.35. The van der Waals surface area contributed by atoms with Gasteiger partial charge in [-0.3, -0.25) is 0 Å². The molecule has 1 aromatic heterocycles. The zero-order chi connectivity index (χ0) is 32.5. The molecule has 228 valence electrons. The van der Waals surface area contributed by atoms with Gasteiger partial charge in [0, 0.05) is 40.2 Å². The minimum atomic E-state index is 1.11. The lowest BCUT2D eigenvalue weighted by molar-refractivity contribution is 1.28. The normalized spacial score (nSPS) is 13.0. The molecule has 0 saturated heterocycles. The molecule has 0 nitrogen and oxygen atoms in total. The largest absolute Gasteiger partial charge is 0.134 e. The van der Waals surface area contributed by atoms with E-state index < -0.39 is 0 Å². The third-order valence-electron chi connectivity index (χ3n) is 10.2. The highest BCUT2D eigenvalue weighted by molar-refractivity contribution is 9.10. The second-order valence-electron chi connectivity index (χ2n) is 13.5. The molecule has 6 aromatic carbocycles. The minimum absolute atomic E-state index is 1.11. The quantitative estimate of drug-likeness (QED) is 0.165. The predicted octanol–water partition coefficient (Wildman–Crippen LogP) is 11.9. The molecule has 47 heavy (non-hydrogen) atoms. The molecule has 3 heteroatoms. The highest BCUT2D eigenvalue weighted by Gasteiger charge is 2.30. The van der Waals surface area contributed by atoms with Crippen LogP contribution in [-0.4, -0.2) is 0 Å². The van der Waals surface area contributed by atoms with E-state index in [1.54, 1.807) is 0 Å². The Hall–Kier alpha value is -3.76. The van der Waals surface area contributed by atoms with E-state index in [2.05, 4.69) is 158 Å². The summed E-state index contributed by atoms with van der Waals surface area (Å²) >= 11 is 9.62. The van der Waals surface area contributed by atoms with Crippen molar-refractivity contribution in [2.45, 2.75) is 41.5 Å². The van der Waals surface area contributed by atoms with Gasteiger partial charge in [0.05, 0.1) is 0 Å². The first-order chi connectivity index (χ1) is 22.6. The summed E-state index contributed by atoms with van der Waals surface area (Å²) in [6, 6.07) is 32.5. The summed E-state index contributed by atoms with van der Waals surface area (Å²) in [6.45, 7) is 13.5. The molecule has 0 saturated carbocycles. The number of fused-ring (bicyclic) bond motifs is 11. The maximum atomic E-state index is 3.83. The van der Waals surface area contributed by atoms with Crippen LogP contribution >= 0.6 is 43.2 Å². The zero-order valence-electron chi connectivity index (χ0n) is 27.2. The Morgan fingerprint density at radius 3 is 1.17 bits per heavy atom. The van der Waals surface area contributed by atoms with Crippen LogP contribution in [0, 0.1) is 41.5 Å². The van der Waals surface area contributed by atoms with Crippen molar-refractivity contribution in [3.63, 3.8) is 0 Å². The van der Waals surface area contributed by atoms with Crippen LogP contribution in [0.15, 0.2) is 93.9 Å². The maximum absolute atomic E-state index is 3.83. The van der Waals surface area contributed by atoms with E-state index in [1.165, 1.54) is 120 Å². The van der Waals surface area contributed by atoms with E-state index in [4.69, 9.17) is 0 Å². The Labute approximate surface area is 296 Å². The van der Waals surface area contributed by atoms with E-state index >= 15 is 0 Å². The van der Waals surface area contributed by atoms with Crippen molar-refractivity contribution in [3.05, 3.63) is 160 Å². The third-order valence-corrected chi connectivity index (χ3v) is 12.5. The highest BCUT2D eigenvalue weighted by Crippen LogP contribution is 2.49. The molecule has 0 bridgehead atoms. The van der Waals surface area contributed by atoms with Gasteiger partial charge in [0.2, 0.25) is 0 Å². The summed E-state index contributed by atoms with van der Waals surface area (Å²) in [4.78, 5) is 0. The second kappa shape index (κ2) is 10.4. The molecule has 0 aliphatic heterocycles. The molecule has 0 fully saturated rings. The van der Waals surface area contributed by atoms with Crippen LogP contribution in [0.2, 0.25) is 0 Å². The van der Waals surface area contributed by atoms with E-state index in [-0.39, 0.29) is 0 Å². The zero-order valence-corrected chi connectivity index (χ0v) is 31.2. The van der Waals surface area contributed by atoms with Crippen molar-refractivity contribution < 1.29 is 0 Å². The molecule has 0 atom stereocenters. The van der Waals surface area contributed by atoms with Crippen LogP contribution in [0.4, 0.5) is 0 Å². The first-order valence-corrected chi connectivity index (χ1v) is 18.5. The number of benzene rings is 6. The lowest BCUT2D eigenvalue weighted by Gasteiger charge is -2.14. The molecule has 0 radical (unpaired) electrons. The Morgan fingerprint density at radius 1 is 0.404 bits per heavy atom. The topological polar surface area (TPSA) is 0 Å². The molecule has 2 aliphatic rings. The Bertz CT molecular complexity index is 2470. The predicted molar refractivity (Wildman–Crippen MR) is 209 cm³/mol. The first kappa shape index (κ1) is 29.4. The molecule has 1 heterocycles. The summed E-state index contributed by atoms with van der Waals surface area (Å²) in [5.41, 5.74) is 21.4. The number of hydrogen-bond acceptors (Lipinski definition) is 1. The van der Waals surface area contributed by atoms with Gasteiger partial charge in [-0.1, -0.05) is 104 Å². The fraction of sp³-hybridized carbons (Fsp3) is 0.136. The van der Waals surface area contributed by atoms with Gasteiger partial charge in [0.1, 0.15) is 0 Å². The summed E-state index contributed by atoms with van der Waals surface area (Å²) in [7, 11) is 0. The number of hydrogen-bond donors (Lipinski definition) is 0. The van der Waals surface area contributed by atoms with Gasteiger partial charge >= 0.3 is 0 Å². The van der Waals surface area contributed by atoms with E-state index in [0.717, 1.165) is 8.95 Å². The van der Waals surface area contributed by atoms with Gasteiger partial charge in [0.25, 0.3) is 0 Å². The monoisotopic (exact) mass is 750 g/mol. The van der Waals surface area contributed by atoms with Crippen LogP contribution in [0.1, 0.15) is 55.6 Å². The third kappa shape index (κ3) is 4.16. The minimum Gasteiger partial charge on any atom is -0.134 e. The van der Waals surface area contributed by atoms with Crippen molar-refractivity contribution in [3.8, 4) is 22.3 Å².